The van der Waals surface area contributed by atoms with E-state index in [4.69, 9.17) is 0 Å². The first-order chi connectivity index (χ1) is 8.84. The molecule has 1 N–H and O–H groups in total. The molecule has 18 heavy (non-hydrogen) atoms. The Hall–Kier alpha value is -0.680. The molecule has 1 aromatic rings. The Bertz CT molecular complexity index is 367. The first kappa shape index (κ1) is 13.7. The lowest BCUT2D eigenvalue weighted by molar-refractivity contribution is -0.116. The number of pyridine rings is 1. The highest BCUT2D eigenvalue weighted by Crippen LogP contribution is 2.39. The van der Waals surface area contributed by atoms with Gasteiger partial charge in [-0.1, -0.05) is 28.0 Å². The van der Waals surface area contributed by atoms with Crippen molar-refractivity contribution in [3.05, 3.63) is 24.5 Å². The van der Waals surface area contributed by atoms with E-state index < -0.39 is 0 Å². The van der Waals surface area contributed by atoms with Crippen LogP contribution in [0.2, 0.25) is 0 Å². The molecule has 2 heterocycles. The minimum atomic E-state index is 0.0939. The fourth-order valence-corrected chi connectivity index (χ4v) is 4.91. The number of rotatable bonds is 6. The van der Waals surface area contributed by atoms with Gasteiger partial charge in [0.1, 0.15) is 0 Å². The van der Waals surface area contributed by atoms with Crippen LogP contribution in [0, 0.1) is 0 Å². The molecular formula is C13H18N2OS2. The number of hydrogen-bond donors (Lipinski definition) is 1. The summed E-state index contributed by atoms with van der Waals surface area (Å²) >= 11 is 0. The van der Waals surface area contributed by atoms with Gasteiger partial charge in [-0.15, -0.1) is 0 Å². The van der Waals surface area contributed by atoms with Crippen LogP contribution in [0.1, 0.15) is 32.1 Å². The summed E-state index contributed by atoms with van der Waals surface area (Å²) in [5.41, 5.74) is 0.783. The van der Waals surface area contributed by atoms with E-state index in [-0.39, 0.29) is 5.91 Å². The maximum Gasteiger partial charge on any atom is 0.224 e. The van der Waals surface area contributed by atoms with Gasteiger partial charge < -0.3 is 5.32 Å². The number of anilines is 1. The number of unbranched alkanes of at least 4 members (excludes halogenated alkanes) is 1. The summed E-state index contributed by atoms with van der Waals surface area (Å²) in [5.74, 6) is 1.38. The molecule has 0 radical (unpaired) electrons. The smallest absolute Gasteiger partial charge is 0.224 e. The van der Waals surface area contributed by atoms with E-state index in [0.29, 0.717) is 6.42 Å². The standard InChI is InChI=1S/C13H18N2OS2/c16-13(15-11-4-3-8-14-10-11)6-2-1-5-12-7-9-17-18-12/h3-4,8,10,12H,1-2,5-7,9H2,(H,15,16). The van der Waals surface area contributed by atoms with Gasteiger partial charge >= 0.3 is 0 Å². The number of nitrogens with one attached hydrogen (secondary N) is 1. The summed E-state index contributed by atoms with van der Waals surface area (Å²) in [5, 5.41) is 3.68. The molecule has 1 aliphatic rings. The average Bonchev–Trinajstić information content (AvgIpc) is 2.89. The van der Waals surface area contributed by atoms with Crippen LogP contribution >= 0.6 is 21.6 Å². The van der Waals surface area contributed by atoms with E-state index in [1.165, 1.54) is 18.6 Å². The normalized spacial score (nSPS) is 18.8. The van der Waals surface area contributed by atoms with Gasteiger partial charge in [-0.2, -0.15) is 0 Å². The topological polar surface area (TPSA) is 42.0 Å². The Balaban J connectivity index is 1.57. The summed E-state index contributed by atoms with van der Waals surface area (Å²) in [6.07, 6.45) is 8.69. The van der Waals surface area contributed by atoms with Crippen molar-refractivity contribution in [2.45, 2.75) is 37.4 Å². The summed E-state index contributed by atoms with van der Waals surface area (Å²) < 4.78 is 0. The molecule has 0 saturated carbocycles. The quantitative estimate of drug-likeness (QED) is 0.637. The van der Waals surface area contributed by atoms with Gasteiger partial charge in [-0.05, 0) is 31.4 Å². The second-order valence-electron chi connectivity index (χ2n) is 4.36. The van der Waals surface area contributed by atoms with Crippen LogP contribution in [0.15, 0.2) is 24.5 Å². The first-order valence-electron chi connectivity index (χ1n) is 6.33. The minimum absolute atomic E-state index is 0.0939. The summed E-state index contributed by atoms with van der Waals surface area (Å²) in [7, 11) is 3.99. The van der Waals surface area contributed by atoms with Crippen molar-refractivity contribution in [2.24, 2.45) is 0 Å². The predicted octanol–water partition coefficient (Wildman–Crippen LogP) is 3.73. The van der Waals surface area contributed by atoms with Crippen molar-refractivity contribution >= 4 is 33.2 Å². The molecule has 1 aromatic heterocycles. The lowest BCUT2D eigenvalue weighted by Gasteiger charge is -2.07. The molecule has 0 aliphatic carbocycles. The van der Waals surface area contributed by atoms with Gasteiger partial charge in [0.05, 0.1) is 11.9 Å². The van der Waals surface area contributed by atoms with Crippen LogP contribution in [-0.4, -0.2) is 21.9 Å². The van der Waals surface area contributed by atoms with Crippen molar-refractivity contribution < 1.29 is 4.79 Å². The molecule has 1 fully saturated rings. The Morgan fingerprint density at radius 1 is 1.50 bits per heavy atom. The maximum atomic E-state index is 11.7. The number of carbonyl (C=O) groups excluding carboxylic acids is 1. The fourth-order valence-electron chi connectivity index (χ4n) is 1.88. The van der Waals surface area contributed by atoms with Crippen molar-refractivity contribution in [3.63, 3.8) is 0 Å². The highest BCUT2D eigenvalue weighted by atomic mass is 33.1. The molecular weight excluding hydrogens is 264 g/mol. The van der Waals surface area contributed by atoms with Gasteiger partial charge in [-0.25, -0.2) is 0 Å². The van der Waals surface area contributed by atoms with Crippen LogP contribution in [0.3, 0.4) is 0 Å². The Morgan fingerprint density at radius 2 is 2.44 bits per heavy atom. The lowest BCUT2D eigenvalue weighted by Crippen LogP contribution is -2.11. The van der Waals surface area contributed by atoms with Crippen LogP contribution in [0.25, 0.3) is 0 Å². The van der Waals surface area contributed by atoms with Crippen molar-refractivity contribution in [1.82, 2.24) is 4.98 Å². The monoisotopic (exact) mass is 282 g/mol. The lowest BCUT2D eigenvalue weighted by atomic mass is 10.1. The van der Waals surface area contributed by atoms with Crippen LogP contribution in [-0.2, 0) is 4.79 Å². The zero-order chi connectivity index (χ0) is 12.6. The van der Waals surface area contributed by atoms with Crippen LogP contribution in [0.5, 0.6) is 0 Å². The Labute approximate surface area is 116 Å². The summed E-state index contributed by atoms with van der Waals surface area (Å²) in [6, 6.07) is 3.68. The third-order valence-corrected chi connectivity index (χ3v) is 5.86. The van der Waals surface area contributed by atoms with Crippen molar-refractivity contribution in [2.75, 3.05) is 11.1 Å². The first-order valence-corrected chi connectivity index (χ1v) is 8.71. The van der Waals surface area contributed by atoms with Gasteiger partial charge in [0.2, 0.25) is 5.91 Å². The SMILES string of the molecule is O=C(CCCCC1CCSS1)Nc1cccnc1. The second kappa shape index (κ2) is 7.69. The molecule has 0 aromatic carbocycles. The van der Waals surface area contributed by atoms with Gasteiger partial charge in [0.25, 0.3) is 0 Å². The highest BCUT2D eigenvalue weighted by Gasteiger charge is 2.15. The number of hydrogen-bond acceptors (Lipinski definition) is 4. The Morgan fingerprint density at radius 3 is 3.17 bits per heavy atom. The average molecular weight is 282 g/mol. The molecule has 0 spiro atoms. The van der Waals surface area contributed by atoms with E-state index >= 15 is 0 Å². The van der Waals surface area contributed by atoms with E-state index in [0.717, 1.165) is 23.8 Å². The van der Waals surface area contributed by atoms with Crippen molar-refractivity contribution in [3.8, 4) is 0 Å². The molecule has 1 unspecified atom stereocenters. The van der Waals surface area contributed by atoms with Gasteiger partial charge in [0, 0.05) is 23.6 Å². The third-order valence-electron chi connectivity index (χ3n) is 2.85. The number of carbonyl (C=O) groups is 1. The van der Waals surface area contributed by atoms with E-state index in [1.54, 1.807) is 12.4 Å². The number of nitrogens with zero attached hydrogens (tertiary/aromatic N) is 1. The van der Waals surface area contributed by atoms with Gasteiger partial charge in [-0.3, -0.25) is 9.78 Å². The second-order valence-corrected chi connectivity index (χ2v) is 7.15. The third kappa shape index (κ3) is 4.90. The fraction of sp³-hybridized carbons (Fsp3) is 0.538. The maximum absolute atomic E-state index is 11.7. The minimum Gasteiger partial charge on any atom is -0.325 e. The molecule has 0 bridgehead atoms. The Kier molecular flexibility index (Phi) is 5.87. The van der Waals surface area contributed by atoms with Crippen LogP contribution < -0.4 is 5.32 Å². The molecule has 1 saturated heterocycles. The summed E-state index contributed by atoms with van der Waals surface area (Å²) in [4.78, 5) is 15.6. The zero-order valence-electron chi connectivity index (χ0n) is 10.3. The number of amides is 1. The number of aromatic nitrogens is 1. The zero-order valence-corrected chi connectivity index (χ0v) is 11.9. The molecule has 2 rings (SSSR count). The van der Waals surface area contributed by atoms with E-state index in [1.807, 2.05) is 33.7 Å². The largest absolute Gasteiger partial charge is 0.325 e. The summed E-state index contributed by atoms with van der Waals surface area (Å²) in [6.45, 7) is 0. The van der Waals surface area contributed by atoms with Gasteiger partial charge in [0.15, 0.2) is 0 Å². The van der Waals surface area contributed by atoms with Crippen LogP contribution in [0.4, 0.5) is 5.69 Å². The van der Waals surface area contributed by atoms with Crippen molar-refractivity contribution in [1.29, 1.82) is 0 Å². The van der Waals surface area contributed by atoms with E-state index in [2.05, 4.69) is 10.3 Å². The molecule has 1 atom stereocenters. The predicted molar refractivity (Wildman–Crippen MR) is 79.8 cm³/mol. The molecule has 1 amide bonds. The molecule has 5 heteroatoms. The van der Waals surface area contributed by atoms with E-state index in [9.17, 15) is 4.79 Å². The molecule has 1 aliphatic heterocycles. The highest BCUT2D eigenvalue weighted by molar-refractivity contribution is 8.77. The molecule has 3 nitrogen and oxygen atoms in total. The molecule has 98 valence electrons.